The van der Waals surface area contributed by atoms with Crippen LogP contribution in [0.3, 0.4) is 0 Å². The standard InChI is InChI=1S/C21H17ClN2/c1-14-21(18-11-10-15-6-2-3-7-16(15)12-18)24-20(23-14)13-17-8-4-5-9-19(17)22/h2-12H,13H2,1H3,(H,23,24). The lowest BCUT2D eigenvalue weighted by Gasteiger charge is -2.02. The van der Waals surface area contributed by atoms with Gasteiger partial charge in [-0.3, -0.25) is 0 Å². The second kappa shape index (κ2) is 6.14. The Morgan fingerprint density at radius 1 is 0.917 bits per heavy atom. The number of H-pyrrole nitrogens is 1. The normalized spacial score (nSPS) is 11.1. The van der Waals surface area contributed by atoms with Crippen molar-refractivity contribution in [3.8, 4) is 11.3 Å². The molecule has 0 amide bonds. The molecule has 0 aliphatic carbocycles. The maximum Gasteiger partial charge on any atom is 0.111 e. The number of nitrogens with one attached hydrogen (secondary N) is 1. The van der Waals surface area contributed by atoms with Crippen LogP contribution in [0.15, 0.2) is 66.7 Å². The molecule has 1 aromatic heterocycles. The Balaban J connectivity index is 1.71. The molecule has 0 bridgehead atoms. The van der Waals surface area contributed by atoms with Crippen LogP contribution in [-0.2, 0) is 6.42 Å². The largest absolute Gasteiger partial charge is 0.345 e. The first-order valence-corrected chi connectivity index (χ1v) is 8.36. The zero-order valence-corrected chi connectivity index (χ0v) is 14.1. The van der Waals surface area contributed by atoms with Gasteiger partial charge in [0.25, 0.3) is 0 Å². The van der Waals surface area contributed by atoms with E-state index in [2.05, 4.69) is 54.4 Å². The number of imidazole rings is 1. The van der Waals surface area contributed by atoms with Gasteiger partial charge in [0, 0.05) is 22.7 Å². The molecule has 4 aromatic rings. The number of aromatic nitrogens is 2. The van der Waals surface area contributed by atoms with Crippen LogP contribution in [-0.4, -0.2) is 9.97 Å². The van der Waals surface area contributed by atoms with Crippen LogP contribution >= 0.6 is 11.6 Å². The molecule has 0 saturated heterocycles. The number of hydrogen-bond acceptors (Lipinski definition) is 1. The van der Waals surface area contributed by atoms with Gasteiger partial charge in [0.2, 0.25) is 0 Å². The number of fused-ring (bicyclic) bond motifs is 1. The van der Waals surface area contributed by atoms with E-state index in [0.29, 0.717) is 6.42 Å². The molecule has 4 rings (SSSR count). The summed E-state index contributed by atoms with van der Waals surface area (Å²) in [6.07, 6.45) is 0.702. The molecular weight excluding hydrogens is 316 g/mol. The van der Waals surface area contributed by atoms with Crippen LogP contribution in [0.5, 0.6) is 0 Å². The fourth-order valence-corrected chi connectivity index (χ4v) is 3.25. The van der Waals surface area contributed by atoms with Crippen molar-refractivity contribution in [1.29, 1.82) is 0 Å². The monoisotopic (exact) mass is 332 g/mol. The van der Waals surface area contributed by atoms with Crippen molar-refractivity contribution in [2.75, 3.05) is 0 Å². The topological polar surface area (TPSA) is 28.7 Å². The lowest BCUT2D eigenvalue weighted by atomic mass is 10.0. The second-order valence-electron chi connectivity index (χ2n) is 5.99. The van der Waals surface area contributed by atoms with Gasteiger partial charge in [-0.1, -0.05) is 66.2 Å². The molecule has 0 aliphatic rings. The van der Waals surface area contributed by atoms with Crippen LogP contribution in [0, 0.1) is 6.92 Å². The molecule has 0 atom stereocenters. The number of aromatic amines is 1. The average molecular weight is 333 g/mol. The summed E-state index contributed by atoms with van der Waals surface area (Å²) in [5.41, 5.74) is 4.29. The number of aryl methyl sites for hydroxylation is 1. The van der Waals surface area contributed by atoms with E-state index in [-0.39, 0.29) is 0 Å². The van der Waals surface area contributed by atoms with Crippen molar-refractivity contribution in [2.45, 2.75) is 13.3 Å². The summed E-state index contributed by atoms with van der Waals surface area (Å²) in [4.78, 5) is 8.21. The van der Waals surface area contributed by atoms with Crippen molar-refractivity contribution < 1.29 is 0 Å². The number of rotatable bonds is 3. The smallest absolute Gasteiger partial charge is 0.111 e. The van der Waals surface area contributed by atoms with Crippen LogP contribution in [0.1, 0.15) is 17.1 Å². The molecule has 3 heteroatoms. The molecule has 0 aliphatic heterocycles. The molecule has 0 spiro atoms. The summed E-state index contributed by atoms with van der Waals surface area (Å²) in [6.45, 7) is 2.06. The number of benzene rings is 3. The Bertz CT molecular complexity index is 1020. The fraction of sp³-hybridized carbons (Fsp3) is 0.0952. The van der Waals surface area contributed by atoms with Crippen molar-refractivity contribution in [2.24, 2.45) is 0 Å². The summed E-state index contributed by atoms with van der Waals surface area (Å²) in [6, 6.07) is 22.7. The predicted molar refractivity (Wildman–Crippen MR) is 101 cm³/mol. The lowest BCUT2D eigenvalue weighted by molar-refractivity contribution is 1.02. The van der Waals surface area contributed by atoms with Gasteiger partial charge in [-0.05, 0) is 35.4 Å². The van der Waals surface area contributed by atoms with E-state index in [4.69, 9.17) is 16.6 Å². The van der Waals surface area contributed by atoms with Gasteiger partial charge < -0.3 is 4.98 Å². The fourth-order valence-electron chi connectivity index (χ4n) is 3.05. The third-order valence-electron chi connectivity index (χ3n) is 4.27. The Morgan fingerprint density at radius 2 is 1.67 bits per heavy atom. The Labute approximate surface area is 146 Å². The summed E-state index contributed by atoms with van der Waals surface area (Å²) < 4.78 is 0. The number of hydrogen-bond donors (Lipinski definition) is 1. The Kier molecular flexibility index (Phi) is 3.83. The SMILES string of the molecule is Cc1[nH]c(Cc2ccccc2Cl)nc1-c1ccc2ccccc2c1. The highest BCUT2D eigenvalue weighted by Crippen LogP contribution is 2.26. The van der Waals surface area contributed by atoms with Crippen molar-refractivity contribution in [3.05, 3.63) is 88.8 Å². The van der Waals surface area contributed by atoms with Crippen molar-refractivity contribution >= 4 is 22.4 Å². The molecule has 1 N–H and O–H groups in total. The van der Waals surface area contributed by atoms with Crippen LogP contribution < -0.4 is 0 Å². The van der Waals surface area contributed by atoms with Gasteiger partial charge in [-0.15, -0.1) is 0 Å². The Hall–Kier alpha value is -2.58. The highest BCUT2D eigenvalue weighted by molar-refractivity contribution is 6.31. The molecule has 1 heterocycles. The van der Waals surface area contributed by atoms with E-state index in [1.54, 1.807) is 0 Å². The summed E-state index contributed by atoms with van der Waals surface area (Å²) in [5.74, 6) is 0.934. The zero-order valence-electron chi connectivity index (χ0n) is 13.4. The van der Waals surface area contributed by atoms with E-state index in [1.165, 1.54) is 10.8 Å². The first-order valence-electron chi connectivity index (χ1n) is 7.99. The van der Waals surface area contributed by atoms with E-state index in [1.807, 2.05) is 24.3 Å². The number of nitrogens with zero attached hydrogens (tertiary/aromatic N) is 1. The maximum absolute atomic E-state index is 6.26. The van der Waals surface area contributed by atoms with Gasteiger partial charge in [-0.2, -0.15) is 0 Å². The van der Waals surface area contributed by atoms with E-state index in [0.717, 1.165) is 33.4 Å². The quantitative estimate of drug-likeness (QED) is 0.506. The van der Waals surface area contributed by atoms with Crippen molar-refractivity contribution in [1.82, 2.24) is 9.97 Å². The van der Waals surface area contributed by atoms with Crippen LogP contribution in [0.25, 0.3) is 22.0 Å². The number of halogens is 1. The van der Waals surface area contributed by atoms with Gasteiger partial charge in [0.05, 0.1) is 5.69 Å². The third kappa shape index (κ3) is 2.81. The van der Waals surface area contributed by atoms with E-state index in [9.17, 15) is 0 Å². The molecule has 0 fully saturated rings. The molecule has 24 heavy (non-hydrogen) atoms. The average Bonchev–Trinajstić information content (AvgIpc) is 2.97. The third-order valence-corrected chi connectivity index (χ3v) is 4.64. The lowest BCUT2D eigenvalue weighted by Crippen LogP contribution is -1.91. The first kappa shape index (κ1) is 15.0. The highest BCUT2D eigenvalue weighted by Gasteiger charge is 2.11. The molecule has 0 radical (unpaired) electrons. The summed E-state index contributed by atoms with van der Waals surface area (Å²) in [5, 5.41) is 3.24. The molecule has 118 valence electrons. The van der Waals surface area contributed by atoms with Gasteiger partial charge in [0.15, 0.2) is 0 Å². The van der Waals surface area contributed by atoms with E-state index < -0.39 is 0 Å². The molecule has 2 nitrogen and oxygen atoms in total. The highest BCUT2D eigenvalue weighted by atomic mass is 35.5. The minimum Gasteiger partial charge on any atom is -0.345 e. The minimum absolute atomic E-state index is 0.702. The van der Waals surface area contributed by atoms with Crippen molar-refractivity contribution in [3.63, 3.8) is 0 Å². The molecule has 0 unspecified atom stereocenters. The molecular formula is C21H17ClN2. The maximum atomic E-state index is 6.26. The zero-order chi connectivity index (χ0) is 16.5. The molecule has 0 saturated carbocycles. The van der Waals surface area contributed by atoms with E-state index >= 15 is 0 Å². The van der Waals surface area contributed by atoms with Crippen LogP contribution in [0.2, 0.25) is 5.02 Å². The molecule has 3 aromatic carbocycles. The second-order valence-corrected chi connectivity index (χ2v) is 6.39. The first-order chi connectivity index (χ1) is 11.7. The summed E-state index contributed by atoms with van der Waals surface area (Å²) in [7, 11) is 0. The predicted octanol–water partition coefficient (Wildman–Crippen LogP) is 5.78. The Morgan fingerprint density at radius 3 is 2.50 bits per heavy atom. The van der Waals surface area contributed by atoms with Gasteiger partial charge >= 0.3 is 0 Å². The van der Waals surface area contributed by atoms with Gasteiger partial charge in [-0.25, -0.2) is 4.98 Å². The minimum atomic E-state index is 0.702. The summed E-state index contributed by atoms with van der Waals surface area (Å²) >= 11 is 6.26. The van der Waals surface area contributed by atoms with Crippen LogP contribution in [0.4, 0.5) is 0 Å². The van der Waals surface area contributed by atoms with Gasteiger partial charge in [0.1, 0.15) is 5.82 Å².